The van der Waals surface area contributed by atoms with Crippen LogP contribution in [0.15, 0.2) is 0 Å². The van der Waals surface area contributed by atoms with Crippen molar-refractivity contribution in [2.75, 3.05) is 18.6 Å². The molecule has 0 aromatic carbocycles. The maximum Gasteiger partial charge on any atom is 0.229 e. The van der Waals surface area contributed by atoms with Gasteiger partial charge in [-0.1, -0.05) is 12.2 Å². The SMILES string of the molecule is CSCC(=O)NCCCC(N)=S. The van der Waals surface area contributed by atoms with Gasteiger partial charge < -0.3 is 11.1 Å². The van der Waals surface area contributed by atoms with Gasteiger partial charge in [0.05, 0.1) is 10.7 Å². The lowest BCUT2D eigenvalue weighted by Crippen LogP contribution is -2.26. The van der Waals surface area contributed by atoms with E-state index >= 15 is 0 Å². The summed E-state index contributed by atoms with van der Waals surface area (Å²) in [5.74, 6) is 0.595. The van der Waals surface area contributed by atoms with Crippen molar-refractivity contribution in [2.45, 2.75) is 12.8 Å². The monoisotopic (exact) mass is 206 g/mol. The number of amides is 1. The van der Waals surface area contributed by atoms with E-state index in [1.165, 1.54) is 11.8 Å². The van der Waals surface area contributed by atoms with E-state index in [-0.39, 0.29) is 5.91 Å². The Morgan fingerprint density at radius 2 is 2.33 bits per heavy atom. The summed E-state index contributed by atoms with van der Waals surface area (Å²) < 4.78 is 0. The summed E-state index contributed by atoms with van der Waals surface area (Å²) in [6, 6.07) is 0. The van der Waals surface area contributed by atoms with Gasteiger partial charge in [0.25, 0.3) is 0 Å². The summed E-state index contributed by atoms with van der Waals surface area (Å²) in [4.78, 5) is 11.4. The normalized spacial score (nSPS) is 9.42. The third-order valence-corrected chi connectivity index (χ3v) is 1.95. The third kappa shape index (κ3) is 7.81. The molecule has 12 heavy (non-hydrogen) atoms. The van der Waals surface area contributed by atoms with Crippen LogP contribution in [-0.4, -0.2) is 29.4 Å². The molecule has 0 bridgehead atoms. The van der Waals surface area contributed by atoms with Crippen LogP contribution in [0.2, 0.25) is 0 Å². The first-order valence-electron chi connectivity index (χ1n) is 3.70. The quantitative estimate of drug-likeness (QED) is 0.492. The van der Waals surface area contributed by atoms with Gasteiger partial charge in [-0.2, -0.15) is 11.8 Å². The molecule has 0 saturated carbocycles. The zero-order valence-corrected chi connectivity index (χ0v) is 8.76. The standard InChI is InChI=1S/C7H14N2OS2/c1-12-5-7(10)9-4-2-3-6(8)11/h2-5H2,1H3,(H2,8,11)(H,9,10). The second-order valence-corrected chi connectivity index (χ2v) is 3.74. The summed E-state index contributed by atoms with van der Waals surface area (Å²) in [7, 11) is 0. The molecule has 0 aliphatic carbocycles. The molecule has 5 heteroatoms. The summed E-state index contributed by atoms with van der Waals surface area (Å²) in [6.45, 7) is 0.663. The van der Waals surface area contributed by atoms with Crippen molar-refractivity contribution in [3.05, 3.63) is 0 Å². The Hall–Kier alpha value is -0.290. The number of thiocarbonyl (C=S) groups is 1. The van der Waals surface area contributed by atoms with Crippen LogP contribution in [0.5, 0.6) is 0 Å². The number of hydrogen-bond acceptors (Lipinski definition) is 3. The van der Waals surface area contributed by atoms with Gasteiger partial charge in [0.15, 0.2) is 0 Å². The summed E-state index contributed by atoms with van der Waals surface area (Å²) >= 11 is 6.20. The highest BCUT2D eigenvalue weighted by atomic mass is 32.2. The average Bonchev–Trinajstić information content (AvgIpc) is 1.98. The predicted octanol–water partition coefficient (Wildman–Crippen LogP) is 0.532. The molecule has 0 aliphatic heterocycles. The minimum atomic E-state index is 0.0745. The number of nitrogens with one attached hydrogen (secondary N) is 1. The Labute approximate surface area is 82.5 Å². The van der Waals surface area contributed by atoms with Crippen LogP contribution >= 0.6 is 24.0 Å². The van der Waals surface area contributed by atoms with E-state index in [1.54, 1.807) is 0 Å². The maximum atomic E-state index is 10.9. The van der Waals surface area contributed by atoms with Crippen LogP contribution in [0.1, 0.15) is 12.8 Å². The Balaban J connectivity index is 3.19. The Kier molecular flexibility index (Phi) is 7.19. The molecule has 3 nitrogen and oxygen atoms in total. The molecule has 0 radical (unpaired) electrons. The molecular formula is C7H14N2OS2. The number of carbonyl (C=O) groups excluding carboxylic acids is 1. The minimum absolute atomic E-state index is 0.0745. The molecule has 0 atom stereocenters. The average molecular weight is 206 g/mol. The predicted molar refractivity (Wildman–Crippen MR) is 57.4 cm³/mol. The lowest BCUT2D eigenvalue weighted by Gasteiger charge is -2.02. The van der Waals surface area contributed by atoms with E-state index in [4.69, 9.17) is 5.73 Å². The first-order valence-corrected chi connectivity index (χ1v) is 5.51. The highest BCUT2D eigenvalue weighted by Gasteiger charge is 1.97. The lowest BCUT2D eigenvalue weighted by atomic mass is 10.3. The number of carbonyl (C=O) groups is 1. The Morgan fingerprint density at radius 1 is 1.67 bits per heavy atom. The molecule has 0 saturated heterocycles. The van der Waals surface area contributed by atoms with Gasteiger partial charge in [-0.25, -0.2) is 0 Å². The third-order valence-electron chi connectivity index (χ3n) is 1.20. The molecule has 3 N–H and O–H groups in total. The lowest BCUT2D eigenvalue weighted by molar-refractivity contribution is -0.118. The number of nitrogens with two attached hydrogens (primary N) is 1. The Bertz CT molecular complexity index is 161. The van der Waals surface area contributed by atoms with Crippen molar-refractivity contribution in [3.63, 3.8) is 0 Å². The van der Waals surface area contributed by atoms with Crippen LogP contribution in [0, 0.1) is 0 Å². The van der Waals surface area contributed by atoms with Crippen molar-refractivity contribution in [1.29, 1.82) is 0 Å². The summed E-state index contributed by atoms with van der Waals surface area (Å²) in [6.07, 6.45) is 3.43. The molecule has 0 fully saturated rings. The first-order chi connectivity index (χ1) is 5.66. The van der Waals surface area contributed by atoms with Gasteiger partial charge in [-0.3, -0.25) is 4.79 Å². The van der Waals surface area contributed by atoms with Gasteiger partial charge in [0, 0.05) is 6.54 Å². The van der Waals surface area contributed by atoms with Crippen LogP contribution in [0.4, 0.5) is 0 Å². The molecule has 0 unspecified atom stereocenters. The zero-order valence-electron chi connectivity index (χ0n) is 7.13. The molecule has 0 rings (SSSR count). The highest BCUT2D eigenvalue weighted by molar-refractivity contribution is 7.99. The fraction of sp³-hybridized carbons (Fsp3) is 0.714. The molecule has 0 spiro atoms. The number of thioether (sulfide) groups is 1. The molecule has 0 aromatic heterocycles. The smallest absolute Gasteiger partial charge is 0.229 e. The van der Waals surface area contributed by atoms with Crippen LogP contribution in [-0.2, 0) is 4.79 Å². The first kappa shape index (κ1) is 11.7. The fourth-order valence-corrected chi connectivity index (χ4v) is 1.18. The largest absolute Gasteiger partial charge is 0.393 e. The van der Waals surface area contributed by atoms with Gasteiger partial charge in [0.1, 0.15) is 0 Å². The van der Waals surface area contributed by atoms with Crippen molar-refractivity contribution in [1.82, 2.24) is 5.32 Å². The number of hydrogen-bond donors (Lipinski definition) is 2. The van der Waals surface area contributed by atoms with Crippen LogP contribution in [0.25, 0.3) is 0 Å². The van der Waals surface area contributed by atoms with E-state index < -0.39 is 0 Å². The van der Waals surface area contributed by atoms with Gasteiger partial charge >= 0.3 is 0 Å². The second kappa shape index (κ2) is 7.36. The minimum Gasteiger partial charge on any atom is -0.393 e. The van der Waals surface area contributed by atoms with Gasteiger partial charge in [-0.05, 0) is 19.1 Å². The van der Waals surface area contributed by atoms with Crippen molar-refractivity contribution < 1.29 is 4.79 Å². The molecule has 70 valence electrons. The van der Waals surface area contributed by atoms with E-state index in [1.807, 2.05) is 6.26 Å². The molecular weight excluding hydrogens is 192 g/mol. The number of rotatable bonds is 6. The van der Waals surface area contributed by atoms with E-state index in [0.29, 0.717) is 23.7 Å². The van der Waals surface area contributed by atoms with Crippen LogP contribution in [0.3, 0.4) is 0 Å². The zero-order chi connectivity index (χ0) is 9.40. The van der Waals surface area contributed by atoms with Crippen molar-refractivity contribution in [3.8, 4) is 0 Å². The van der Waals surface area contributed by atoms with Gasteiger partial charge in [-0.15, -0.1) is 0 Å². The fourth-order valence-electron chi connectivity index (χ4n) is 0.673. The second-order valence-electron chi connectivity index (χ2n) is 2.35. The highest BCUT2D eigenvalue weighted by Crippen LogP contribution is 1.90. The van der Waals surface area contributed by atoms with E-state index in [2.05, 4.69) is 17.5 Å². The molecule has 0 heterocycles. The summed E-state index contributed by atoms with van der Waals surface area (Å²) in [5.41, 5.74) is 5.28. The molecule has 0 aromatic rings. The molecule has 1 amide bonds. The van der Waals surface area contributed by atoms with Crippen molar-refractivity contribution in [2.24, 2.45) is 5.73 Å². The maximum absolute atomic E-state index is 10.9. The summed E-state index contributed by atoms with van der Waals surface area (Å²) in [5, 5.41) is 2.76. The van der Waals surface area contributed by atoms with Crippen molar-refractivity contribution >= 4 is 34.9 Å². The van der Waals surface area contributed by atoms with E-state index in [0.717, 1.165) is 6.42 Å². The topological polar surface area (TPSA) is 55.1 Å². The Morgan fingerprint density at radius 3 is 2.83 bits per heavy atom. The van der Waals surface area contributed by atoms with E-state index in [9.17, 15) is 4.79 Å². The van der Waals surface area contributed by atoms with Crippen LogP contribution < -0.4 is 11.1 Å². The molecule has 0 aliphatic rings. The van der Waals surface area contributed by atoms with Gasteiger partial charge in [0.2, 0.25) is 5.91 Å².